The second kappa shape index (κ2) is 4.03. The third-order valence-corrected chi connectivity index (χ3v) is 4.60. The van der Waals surface area contributed by atoms with Crippen molar-refractivity contribution in [2.24, 2.45) is 0 Å². The van der Waals surface area contributed by atoms with Crippen LogP contribution in [0.4, 0.5) is 0 Å². The first-order valence-corrected chi connectivity index (χ1v) is 6.42. The molecule has 0 unspecified atom stereocenters. The quantitative estimate of drug-likeness (QED) is 0.800. The molecule has 1 nitrogen and oxygen atoms in total. The molecular weight excluding hydrogens is 190 g/mol. The van der Waals surface area contributed by atoms with Crippen LogP contribution in [0.5, 0.6) is 0 Å². The second-order valence-corrected chi connectivity index (χ2v) is 5.37. The molecule has 1 aliphatic rings. The molecule has 14 heavy (non-hydrogen) atoms. The van der Waals surface area contributed by atoms with Crippen molar-refractivity contribution >= 4 is 11.3 Å². The highest BCUT2D eigenvalue weighted by Gasteiger charge is 2.34. The largest absolute Gasteiger partial charge is 0.306 e. The maximum absolute atomic E-state index is 3.74. The first-order valence-electron chi connectivity index (χ1n) is 5.54. The van der Waals surface area contributed by atoms with Crippen molar-refractivity contribution in [3.63, 3.8) is 0 Å². The van der Waals surface area contributed by atoms with E-state index in [1.807, 2.05) is 11.3 Å². The minimum atomic E-state index is 0.483. The Bertz CT molecular complexity index is 294. The van der Waals surface area contributed by atoms with Gasteiger partial charge in [0.15, 0.2) is 0 Å². The summed E-state index contributed by atoms with van der Waals surface area (Å²) in [6.07, 6.45) is 5.42. The van der Waals surface area contributed by atoms with Gasteiger partial charge in [-0.05, 0) is 49.6 Å². The summed E-state index contributed by atoms with van der Waals surface area (Å²) in [5, 5.41) is 5.92. The van der Waals surface area contributed by atoms with Crippen molar-refractivity contribution in [1.29, 1.82) is 0 Å². The molecule has 2 rings (SSSR count). The Kier molecular flexibility index (Phi) is 2.93. The fourth-order valence-electron chi connectivity index (χ4n) is 2.11. The predicted molar refractivity (Wildman–Crippen MR) is 62.8 cm³/mol. The summed E-state index contributed by atoms with van der Waals surface area (Å²) < 4.78 is 0. The number of rotatable bonds is 4. The molecular formula is C12H19NS. The fraction of sp³-hybridized carbons (Fsp3) is 0.667. The van der Waals surface area contributed by atoms with Gasteiger partial charge in [-0.2, -0.15) is 0 Å². The van der Waals surface area contributed by atoms with E-state index >= 15 is 0 Å². The second-order valence-electron chi connectivity index (χ2n) is 4.37. The molecule has 1 aliphatic carbocycles. The summed E-state index contributed by atoms with van der Waals surface area (Å²) >= 11 is 1.87. The van der Waals surface area contributed by atoms with E-state index < -0.39 is 0 Å². The lowest BCUT2D eigenvalue weighted by atomic mass is 9.75. The van der Waals surface area contributed by atoms with Crippen LogP contribution in [-0.2, 0) is 6.54 Å². The summed E-state index contributed by atoms with van der Waals surface area (Å²) in [5.74, 6) is 0. The first-order chi connectivity index (χ1) is 6.76. The van der Waals surface area contributed by atoms with Gasteiger partial charge in [0.1, 0.15) is 0 Å². The van der Waals surface area contributed by atoms with Crippen molar-refractivity contribution in [2.75, 3.05) is 0 Å². The molecule has 0 radical (unpaired) electrons. The zero-order chi connectivity index (χ0) is 10.0. The Hall–Kier alpha value is -0.340. The van der Waals surface area contributed by atoms with E-state index in [9.17, 15) is 0 Å². The van der Waals surface area contributed by atoms with Crippen molar-refractivity contribution in [1.82, 2.24) is 5.32 Å². The molecule has 2 heteroatoms. The van der Waals surface area contributed by atoms with Gasteiger partial charge in [-0.3, -0.25) is 0 Å². The van der Waals surface area contributed by atoms with Crippen molar-refractivity contribution in [2.45, 2.75) is 51.6 Å². The van der Waals surface area contributed by atoms with E-state index in [0.717, 1.165) is 6.54 Å². The van der Waals surface area contributed by atoms with Crippen LogP contribution < -0.4 is 5.32 Å². The molecule has 0 saturated heterocycles. The molecule has 0 spiro atoms. The van der Waals surface area contributed by atoms with Crippen molar-refractivity contribution in [3.05, 3.63) is 21.9 Å². The number of aryl methyl sites for hydroxylation is 1. The summed E-state index contributed by atoms with van der Waals surface area (Å²) in [4.78, 5) is 1.50. The van der Waals surface area contributed by atoms with Gasteiger partial charge >= 0.3 is 0 Å². The van der Waals surface area contributed by atoms with Crippen LogP contribution in [0.2, 0.25) is 0 Å². The fourth-order valence-corrected chi connectivity index (χ4v) is 2.96. The SMILES string of the molecule is CCC1(NCc2sccc2C)CCC1. The normalized spacial score (nSPS) is 19.3. The molecule has 1 fully saturated rings. The lowest BCUT2D eigenvalue weighted by molar-refractivity contribution is 0.176. The van der Waals surface area contributed by atoms with Crippen molar-refractivity contribution in [3.8, 4) is 0 Å². The van der Waals surface area contributed by atoms with E-state index in [0.29, 0.717) is 5.54 Å². The molecule has 0 amide bonds. The van der Waals surface area contributed by atoms with E-state index in [4.69, 9.17) is 0 Å². The van der Waals surface area contributed by atoms with Gasteiger partial charge in [-0.25, -0.2) is 0 Å². The number of nitrogens with one attached hydrogen (secondary N) is 1. The zero-order valence-electron chi connectivity index (χ0n) is 9.10. The summed E-state index contributed by atoms with van der Waals surface area (Å²) in [6, 6.07) is 2.21. The minimum Gasteiger partial charge on any atom is -0.306 e. The third kappa shape index (κ3) is 1.86. The molecule has 1 N–H and O–H groups in total. The number of hydrogen-bond acceptors (Lipinski definition) is 2. The first kappa shape index (κ1) is 10.2. The average molecular weight is 209 g/mol. The predicted octanol–water partition coefficient (Wildman–Crippen LogP) is 3.48. The van der Waals surface area contributed by atoms with Crippen LogP contribution in [0.3, 0.4) is 0 Å². The minimum absolute atomic E-state index is 0.483. The smallest absolute Gasteiger partial charge is 0.0307 e. The van der Waals surface area contributed by atoms with Gasteiger partial charge in [-0.15, -0.1) is 11.3 Å². The molecule has 0 aromatic carbocycles. The molecule has 1 aromatic heterocycles. The molecule has 78 valence electrons. The number of hydrogen-bond donors (Lipinski definition) is 1. The summed E-state index contributed by atoms with van der Waals surface area (Å²) in [6.45, 7) is 5.57. The Morgan fingerprint density at radius 3 is 2.71 bits per heavy atom. The maximum atomic E-state index is 3.74. The highest BCUT2D eigenvalue weighted by atomic mass is 32.1. The maximum Gasteiger partial charge on any atom is 0.0307 e. The number of thiophene rings is 1. The highest BCUT2D eigenvalue weighted by molar-refractivity contribution is 7.10. The zero-order valence-corrected chi connectivity index (χ0v) is 9.91. The van der Waals surface area contributed by atoms with Gasteiger partial charge in [-0.1, -0.05) is 6.92 Å². The van der Waals surface area contributed by atoms with Crippen LogP contribution in [0.25, 0.3) is 0 Å². The van der Waals surface area contributed by atoms with E-state index in [1.54, 1.807) is 0 Å². The molecule has 1 heterocycles. The summed E-state index contributed by atoms with van der Waals surface area (Å²) in [5.41, 5.74) is 1.92. The van der Waals surface area contributed by atoms with Gasteiger partial charge in [0.25, 0.3) is 0 Å². The average Bonchev–Trinajstić information content (AvgIpc) is 2.51. The molecule has 1 aromatic rings. The van der Waals surface area contributed by atoms with E-state index in [-0.39, 0.29) is 0 Å². The van der Waals surface area contributed by atoms with Crippen molar-refractivity contribution < 1.29 is 0 Å². The van der Waals surface area contributed by atoms with Crippen LogP contribution in [0.1, 0.15) is 43.0 Å². The van der Waals surface area contributed by atoms with Gasteiger partial charge < -0.3 is 5.32 Å². The molecule has 0 bridgehead atoms. The monoisotopic (exact) mass is 209 g/mol. The van der Waals surface area contributed by atoms with Gasteiger partial charge in [0.2, 0.25) is 0 Å². The third-order valence-electron chi connectivity index (χ3n) is 3.58. The van der Waals surface area contributed by atoms with Gasteiger partial charge in [0, 0.05) is 17.0 Å². The Labute approximate surface area is 90.5 Å². The molecule has 0 atom stereocenters. The highest BCUT2D eigenvalue weighted by Crippen LogP contribution is 2.35. The lowest BCUT2D eigenvalue weighted by Crippen LogP contribution is -2.49. The topological polar surface area (TPSA) is 12.0 Å². The molecule has 1 saturated carbocycles. The Morgan fingerprint density at radius 1 is 1.50 bits per heavy atom. The van der Waals surface area contributed by atoms with Crippen LogP contribution in [0.15, 0.2) is 11.4 Å². The van der Waals surface area contributed by atoms with E-state index in [2.05, 4.69) is 30.6 Å². The van der Waals surface area contributed by atoms with Crippen LogP contribution in [0, 0.1) is 6.92 Å². The van der Waals surface area contributed by atoms with E-state index in [1.165, 1.54) is 36.1 Å². The lowest BCUT2D eigenvalue weighted by Gasteiger charge is -2.42. The standard InChI is InChI=1S/C12H19NS/c1-3-12(6-4-7-12)13-9-11-10(2)5-8-14-11/h5,8,13H,3-4,6-7,9H2,1-2H3. The Morgan fingerprint density at radius 2 is 2.29 bits per heavy atom. The van der Waals surface area contributed by atoms with Crippen LogP contribution >= 0.6 is 11.3 Å². The van der Waals surface area contributed by atoms with Crippen LogP contribution in [-0.4, -0.2) is 5.54 Å². The van der Waals surface area contributed by atoms with Gasteiger partial charge in [0.05, 0.1) is 0 Å². The molecule has 0 aliphatic heterocycles. The Balaban J connectivity index is 1.90. The summed E-state index contributed by atoms with van der Waals surface area (Å²) in [7, 11) is 0.